The molecule has 20 heavy (non-hydrogen) atoms. The van der Waals surface area contributed by atoms with Crippen LogP contribution in [0.25, 0.3) is 6.08 Å². The number of carbonyl (C=O) groups excluding carboxylic acids is 1. The Labute approximate surface area is 128 Å². The van der Waals surface area contributed by atoms with E-state index in [1.54, 1.807) is 0 Å². The van der Waals surface area contributed by atoms with E-state index in [4.69, 9.17) is 28.9 Å². The minimum atomic E-state index is -1.17. The van der Waals surface area contributed by atoms with Crippen molar-refractivity contribution in [2.45, 2.75) is 0 Å². The van der Waals surface area contributed by atoms with E-state index in [1.807, 2.05) is 0 Å². The molecule has 4 nitrogen and oxygen atoms in total. The number of rotatable bonds is 3. The molecule has 0 bridgehead atoms. The molecular weight excluding hydrogens is 325 g/mol. The van der Waals surface area contributed by atoms with Crippen LogP contribution in [0.4, 0.5) is 4.39 Å². The van der Waals surface area contributed by atoms with Gasteiger partial charge in [-0.05, 0) is 18.2 Å². The topological polar surface area (TPSA) is 57.6 Å². The molecule has 8 heteroatoms. The number of thioether (sulfide) groups is 1. The van der Waals surface area contributed by atoms with Crippen molar-refractivity contribution in [1.29, 1.82) is 0 Å². The Morgan fingerprint density at radius 3 is 2.85 bits per heavy atom. The fourth-order valence-electron chi connectivity index (χ4n) is 1.55. The van der Waals surface area contributed by atoms with E-state index < -0.39 is 24.2 Å². The highest BCUT2D eigenvalue weighted by atomic mass is 35.5. The van der Waals surface area contributed by atoms with Gasteiger partial charge in [-0.1, -0.05) is 41.6 Å². The normalized spacial score (nSPS) is 17.1. The number of hydrogen-bond acceptors (Lipinski definition) is 4. The summed E-state index contributed by atoms with van der Waals surface area (Å²) in [6.07, 6.45) is 1.28. The summed E-state index contributed by atoms with van der Waals surface area (Å²) in [5.74, 6) is -2.31. The van der Waals surface area contributed by atoms with Gasteiger partial charge in [0.15, 0.2) is 0 Å². The van der Waals surface area contributed by atoms with E-state index in [0.717, 1.165) is 16.7 Å². The lowest BCUT2D eigenvalue weighted by Crippen LogP contribution is -2.33. The van der Waals surface area contributed by atoms with Crippen LogP contribution >= 0.6 is 35.6 Å². The predicted octanol–water partition coefficient (Wildman–Crippen LogP) is 2.76. The number of hydrogen-bond donors (Lipinski definition) is 1. The highest BCUT2D eigenvalue weighted by Gasteiger charge is 2.33. The molecule has 1 saturated heterocycles. The van der Waals surface area contributed by atoms with Gasteiger partial charge in [-0.3, -0.25) is 14.5 Å². The number of nitrogens with zero attached hydrogens (tertiary/aromatic N) is 1. The predicted molar refractivity (Wildman–Crippen MR) is 78.9 cm³/mol. The fourth-order valence-corrected chi connectivity index (χ4v) is 3.01. The number of amides is 1. The third kappa shape index (κ3) is 3.00. The molecule has 0 atom stereocenters. The van der Waals surface area contributed by atoms with Crippen LogP contribution in [0.15, 0.2) is 23.1 Å². The maximum atomic E-state index is 13.6. The summed E-state index contributed by atoms with van der Waals surface area (Å²) in [5.41, 5.74) is 0.0741. The standard InChI is InChI=1S/C12H7ClFNO3S2/c13-7-2-1-3-8(14)6(7)4-9-11(18)15(5-10(16)17)12(19)20-9/h1-4H,5H2,(H,16,17). The highest BCUT2D eigenvalue weighted by molar-refractivity contribution is 8.26. The van der Waals surface area contributed by atoms with Crippen molar-refractivity contribution in [3.63, 3.8) is 0 Å². The van der Waals surface area contributed by atoms with Crippen molar-refractivity contribution in [1.82, 2.24) is 4.90 Å². The first-order valence-electron chi connectivity index (χ1n) is 5.31. The summed E-state index contributed by atoms with van der Waals surface area (Å²) < 4.78 is 13.8. The number of carboxylic acids is 1. The van der Waals surface area contributed by atoms with Crippen molar-refractivity contribution in [2.75, 3.05) is 6.54 Å². The van der Waals surface area contributed by atoms with Gasteiger partial charge in [-0.25, -0.2) is 4.39 Å². The van der Waals surface area contributed by atoms with Crippen LogP contribution in [-0.4, -0.2) is 32.7 Å². The molecule has 0 aromatic heterocycles. The van der Waals surface area contributed by atoms with Crippen LogP contribution < -0.4 is 0 Å². The van der Waals surface area contributed by atoms with E-state index >= 15 is 0 Å². The van der Waals surface area contributed by atoms with Gasteiger partial charge in [0.1, 0.15) is 16.7 Å². The number of aliphatic carboxylic acids is 1. The SMILES string of the molecule is O=C(O)CN1C(=O)C(=Cc2c(F)cccc2Cl)SC1=S. The Bertz CT molecular complexity index is 627. The number of carbonyl (C=O) groups is 2. The van der Waals surface area contributed by atoms with E-state index in [-0.39, 0.29) is 19.8 Å². The van der Waals surface area contributed by atoms with E-state index in [9.17, 15) is 14.0 Å². The highest BCUT2D eigenvalue weighted by Crippen LogP contribution is 2.34. The van der Waals surface area contributed by atoms with Gasteiger partial charge in [0.25, 0.3) is 5.91 Å². The third-order valence-corrected chi connectivity index (χ3v) is 4.15. The smallest absolute Gasteiger partial charge is 0.323 e. The van der Waals surface area contributed by atoms with Crippen LogP contribution in [0.2, 0.25) is 5.02 Å². The molecule has 0 radical (unpaired) electrons. The molecule has 1 fully saturated rings. The first-order valence-corrected chi connectivity index (χ1v) is 6.91. The van der Waals surface area contributed by atoms with Crippen molar-refractivity contribution < 1.29 is 19.1 Å². The third-order valence-electron chi connectivity index (χ3n) is 2.44. The molecule has 1 aromatic rings. The van der Waals surface area contributed by atoms with E-state index in [2.05, 4.69) is 0 Å². The van der Waals surface area contributed by atoms with Crippen molar-refractivity contribution in [3.05, 3.63) is 39.5 Å². The van der Waals surface area contributed by atoms with Gasteiger partial charge >= 0.3 is 5.97 Å². The van der Waals surface area contributed by atoms with Crippen LogP contribution in [0.1, 0.15) is 5.56 Å². The lowest BCUT2D eigenvalue weighted by atomic mass is 10.2. The second-order valence-corrected chi connectivity index (χ2v) is 5.88. The first-order chi connectivity index (χ1) is 9.40. The van der Waals surface area contributed by atoms with E-state index in [0.29, 0.717) is 0 Å². The summed E-state index contributed by atoms with van der Waals surface area (Å²) in [6, 6.07) is 4.16. The van der Waals surface area contributed by atoms with Crippen LogP contribution in [0.5, 0.6) is 0 Å². The number of halogens is 2. The van der Waals surface area contributed by atoms with Crippen molar-refractivity contribution in [3.8, 4) is 0 Å². The molecule has 0 spiro atoms. The van der Waals surface area contributed by atoms with E-state index in [1.165, 1.54) is 24.3 Å². The molecule has 1 N–H and O–H groups in total. The fraction of sp³-hybridized carbons (Fsp3) is 0.0833. The van der Waals surface area contributed by atoms with Gasteiger partial charge in [0.05, 0.1) is 9.93 Å². The molecular formula is C12H7ClFNO3S2. The van der Waals surface area contributed by atoms with Crippen LogP contribution in [0.3, 0.4) is 0 Å². The number of benzene rings is 1. The second-order valence-electron chi connectivity index (χ2n) is 3.80. The maximum absolute atomic E-state index is 13.6. The number of carboxylic acid groups (broad SMARTS) is 1. The van der Waals surface area contributed by atoms with Crippen LogP contribution in [-0.2, 0) is 9.59 Å². The Balaban J connectivity index is 2.35. The maximum Gasteiger partial charge on any atom is 0.323 e. The monoisotopic (exact) mass is 331 g/mol. The van der Waals surface area contributed by atoms with Gasteiger partial charge in [0, 0.05) is 5.56 Å². The zero-order valence-corrected chi connectivity index (χ0v) is 12.2. The quantitative estimate of drug-likeness (QED) is 0.682. The Morgan fingerprint density at radius 2 is 2.25 bits per heavy atom. The first kappa shape index (κ1) is 15.0. The zero-order chi connectivity index (χ0) is 14.9. The van der Waals surface area contributed by atoms with Crippen LogP contribution in [0, 0.1) is 5.82 Å². The van der Waals surface area contributed by atoms with Gasteiger partial charge < -0.3 is 5.11 Å². The summed E-state index contributed by atoms with van der Waals surface area (Å²) in [7, 11) is 0. The zero-order valence-electron chi connectivity index (χ0n) is 9.80. The lowest BCUT2D eigenvalue weighted by molar-refractivity contribution is -0.140. The van der Waals surface area contributed by atoms with Gasteiger partial charge in [-0.15, -0.1) is 0 Å². The van der Waals surface area contributed by atoms with Gasteiger partial charge in [-0.2, -0.15) is 0 Å². The molecule has 0 unspecified atom stereocenters. The molecule has 1 amide bonds. The summed E-state index contributed by atoms with van der Waals surface area (Å²) >= 11 is 11.7. The largest absolute Gasteiger partial charge is 0.480 e. The molecule has 1 aliphatic rings. The average molecular weight is 332 g/mol. The molecule has 1 aliphatic heterocycles. The summed E-state index contributed by atoms with van der Waals surface area (Å²) in [5, 5.41) is 8.87. The Kier molecular flexibility index (Phi) is 4.42. The lowest BCUT2D eigenvalue weighted by Gasteiger charge is -2.10. The molecule has 2 rings (SSSR count). The molecule has 104 valence electrons. The summed E-state index contributed by atoms with van der Waals surface area (Å²) in [4.78, 5) is 23.7. The molecule has 0 aliphatic carbocycles. The number of thiocarbonyl (C=S) groups is 1. The molecule has 1 aromatic carbocycles. The Hall–Kier alpha value is -1.44. The second kappa shape index (κ2) is 5.90. The average Bonchev–Trinajstić information content (AvgIpc) is 2.61. The van der Waals surface area contributed by atoms with Gasteiger partial charge in [0.2, 0.25) is 0 Å². The minimum absolute atomic E-state index is 0.0741. The summed E-state index contributed by atoms with van der Waals surface area (Å²) in [6.45, 7) is -0.521. The Morgan fingerprint density at radius 1 is 1.55 bits per heavy atom. The van der Waals surface area contributed by atoms with Crippen molar-refractivity contribution in [2.24, 2.45) is 0 Å². The molecule has 1 heterocycles. The van der Waals surface area contributed by atoms with Crippen molar-refractivity contribution >= 4 is 57.9 Å². The minimum Gasteiger partial charge on any atom is -0.480 e. The molecule has 0 saturated carbocycles.